The average Bonchev–Trinajstić information content (AvgIpc) is 2.84. The van der Waals surface area contributed by atoms with Crippen molar-refractivity contribution >= 4 is 43.6 Å². The van der Waals surface area contributed by atoms with Gasteiger partial charge in [0.05, 0.1) is 11.4 Å². The summed E-state index contributed by atoms with van der Waals surface area (Å²) in [5.74, 6) is -0.755. The van der Waals surface area contributed by atoms with Crippen molar-refractivity contribution in [2.45, 2.75) is 23.6 Å². The van der Waals surface area contributed by atoms with Crippen LogP contribution in [0.1, 0.15) is 6.92 Å². The maximum atomic E-state index is 13.2. The van der Waals surface area contributed by atoms with Gasteiger partial charge >= 0.3 is 29.6 Å². The number of hydrogen-bond donors (Lipinski definition) is 3. The first kappa shape index (κ1) is 28.4. The van der Waals surface area contributed by atoms with Crippen LogP contribution in [0.3, 0.4) is 0 Å². The molecule has 0 amide bonds. The molecule has 186 valence electrons. The molecule has 13 heteroatoms. The van der Waals surface area contributed by atoms with Gasteiger partial charge in [0, 0.05) is 18.5 Å². The molecule has 0 heterocycles. The summed E-state index contributed by atoms with van der Waals surface area (Å²) in [7, 11) is -3.40. The zero-order valence-electron chi connectivity index (χ0n) is 20.4. The minimum atomic E-state index is -4.80. The van der Waals surface area contributed by atoms with Gasteiger partial charge in [0.15, 0.2) is 0 Å². The number of azo groups is 2. The molecule has 37 heavy (non-hydrogen) atoms. The SMILES string of the molecule is COC1(N=Nc2ccc(N)cc2)C=CC(C)=CC1N=Nc1c(S(=O)(=O)O)cc2ccc(N)cc2c1[O-].[Na+]. The second kappa shape index (κ2) is 11.1. The van der Waals surface area contributed by atoms with Crippen LogP contribution in [0.2, 0.25) is 0 Å². The zero-order valence-corrected chi connectivity index (χ0v) is 23.2. The Labute approximate surface area is 235 Å². The summed E-state index contributed by atoms with van der Waals surface area (Å²) in [6.45, 7) is 1.82. The van der Waals surface area contributed by atoms with Crippen molar-refractivity contribution in [1.29, 1.82) is 0 Å². The first-order valence-electron chi connectivity index (χ1n) is 10.7. The topological polar surface area (TPSA) is 188 Å². The summed E-state index contributed by atoms with van der Waals surface area (Å²) in [6, 6.07) is 11.3. The Balaban J connectivity index is 0.00000380. The monoisotopic (exact) mass is 530 g/mol. The van der Waals surface area contributed by atoms with Crippen molar-refractivity contribution in [3.05, 3.63) is 72.3 Å². The van der Waals surface area contributed by atoms with Gasteiger partial charge in [0.25, 0.3) is 10.1 Å². The Kier molecular flexibility index (Phi) is 8.52. The van der Waals surface area contributed by atoms with Crippen LogP contribution < -0.4 is 46.1 Å². The van der Waals surface area contributed by atoms with Crippen LogP contribution in [-0.4, -0.2) is 31.8 Å². The summed E-state index contributed by atoms with van der Waals surface area (Å²) < 4.78 is 39.6. The second-order valence-corrected chi connectivity index (χ2v) is 9.55. The van der Waals surface area contributed by atoms with Crippen LogP contribution in [0.25, 0.3) is 10.8 Å². The number of anilines is 2. The molecule has 0 spiro atoms. The molecule has 0 aromatic heterocycles. The minimum Gasteiger partial charge on any atom is -0.871 e. The first-order chi connectivity index (χ1) is 17.0. The molecular formula is C24H23N6NaO5S. The number of hydrogen-bond acceptors (Lipinski definition) is 10. The number of nitrogens with two attached hydrogens (primary N) is 2. The van der Waals surface area contributed by atoms with E-state index in [1.807, 2.05) is 6.92 Å². The van der Waals surface area contributed by atoms with E-state index in [0.29, 0.717) is 17.1 Å². The number of nitrogens with zero attached hydrogens (tertiary/aromatic N) is 4. The van der Waals surface area contributed by atoms with Gasteiger partial charge in [-0.3, -0.25) is 4.55 Å². The maximum Gasteiger partial charge on any atom is 1.00 e. The van der Waals surface area contributed by atoms with Gasteiger partial charge in [-0.2, -0.15) is 23.8 Å². The molecule has 0 aliphatic heterocycles. The Morgan fingerprint density at radius 3 is 2.38 bits per heavy atom. The van der Waals surface area contributed by atoms with Gasteiger partial charge in [-0.25, -0.2) is 0 Å². The van der Waals surface area contributed by atoms with Gasteiger partial charge < -0.3 is 21.3 Å². The third-order valence-electron chi connectivity index (χ3n) is 5.59. The largest absolute Gasteiger partial charge is 1.00 e. The van der Waals surface area contributed by atoms with Crippen molar-refractivity contribution in [3.63, 3.8) is 0 Å². The van der Waals surface area contributed by atoms with E-state index < -0.39 is 38.2 Å². The van der Waals surface area contributed by atoms with Crippen LogP contribution in [0, 0.1) is 0 Å². The summed E-state index contributed by atoms with van der Waals surface area (Å²) in [5.41, 5.74) is 11.7. The Hall–Kier alpha value is -3.13. The number of nitrogen functional groups attached to an aromatic ring is 2. The van der Waals surface area contributed by atoms with Gasteiger partial charge in [-0.15, -0.1) is 5.11 Å². The van der Waals surface area contributed by atoms with Gasteiger partial charge in [-0.05, 0) is 66.2 Å². The van der Waals surface area contributed by atoms with E-state index in [1.54, 1.807) is 42.5 Å². The molecule has 1 aliphatic rings. The average molecular weight is 531 g/mol. The minimum absolute atomic E-state index is 0. The summed E-state index contributed by atoms with van der Waals surface area (Å²) in [4.78, 5) is -0.674. The zero-order chi connectivity index (χ0) is 26.1. The Morgan fingerprint density at radius 2 is 1.73 bits per heavy atom. The van der Waals surface area contributed by atoms with Crippen molar-refractivity contribution < 1.29 is 52.4 Å². The van der Waals surface area contributed by atoms with E-state index in [2.05, 4.69) is 20.5 Å². The van der Waals surface area contributed by atoms with Gasteiger partial charge in [-0.1, -0.05) is 29.5 Å². The normalized spacial score (nSPS) is 19.9. The predicted octanol–water partition coefficient (Wildman–Crippen LogP) is 1.42. The fourth-order valence-corrected chi connectivity index (χ4v) is 4.30. The maximum absolute atomic E-state index is 13.2. The molecule has 4 rings (SSSR count). The summed E-state index contributed by atoms with van der Waals surface area (Å²) in [6.07, 6.45) is 5.08. The van der Waals surface area contributed by atoms with E-state index in [9.17, 15) is 18.1 Å². The third kappa shape index (κ3) is 6.06. The van der Waals surface area contributed by atoms with E-state index in [4.69, 9.17) is 16.2 Å². The van der Waals surface area contributed by atoms with Crippen LogP contribution in [0.5, 0.6) is 5.75 Å². The quantitative estimate of drug-likeness (QED) is 0.186. The Bertz CT molecular complexity index is 1550. The third-order valence-corrected chi connectivity index (χ3v) is 6.46. The standard InChI is InChI=1S/C24H24N6O5S.Na/c1-14-9-10-24(35-2,30-27-18-7-5-16(25)6-8-18)21(11-14)28-29-22-20(36(32,33)34)12-15-3-4-17(26)13-19(15)23(22)31;/h3-13,21,31H,25-26H2,1-2H3,(H,32,33,34);/q;+1/p-1. The van der Waals surface area contributed by atoms with Crippen LogP contribution in [0.15, 0.2) is 97.7 Å². The molecule has 3 aromatic rings. The molecule has 1 aliphatic carbocycles. The smallest absolute Gasteiger partial charge is 0.871 e. The van der Waals surface area contributed by atoms with E-state index in [1.165, 1.54) is 25.3 Å². The fraction of sp³-hybridized carbons (Fsp3) is 0.167. The van der Waals surface area contributed by atoms with E-state index >= 15 is 0 Å². The molecule has 5 N–H and O–H groups in total. The molecule has 0 fully saturated rings. The van der Waals surface area contributed by atoms with Crippen molar-refractivity contribution in [2.24, 2.45) is 20.5 Å². The van der Waals surface area contributed by atoms with Gasteiger partial charge in [0.2, 0.25) is 5.72 Å². The number of ether oxygens (including phenoxy) is 1. The molecular weight excluding hydrogens is 507 g/mol. The van der Waals surface area contributed by atoms with E-state index in [-0.39, 0.29) is 40.3 Å². The molecule has 2 atom stereocenters. The number of fused-ring (bicyclic) bond motifs is 1. The van der Waals surface area contributed by atoms with Crippen LogP contribution in [0.4, 0.5) is 22.7 Å². The van der Waals surface area contributed by atoms with Crippen LogP contribution in [-0.2, 0) is 14.9 Å². The molecule has 0 saturated carbocycles. The second-order valence-electron chi connectivity index (χ2n) is 8.16. The number of rotatable bonds is 6. The molecule has 0 bridgehead atoms. The van der Waals surface area contributed by atoms with Crippen molar-refractivity contribution in [3.8, 4) is 5.75 Å². The molecule has 11 nitrogen and oxygen atoms in total. The molecule has 2 unspecified atom stereocenters. The predicted molar refractivity (Wildman–Crippen MR) is 134 cm³/mol. The molecule has 0 saturated heterocycles. The molecule has 0 radical (unpaired) electrons. The van der Waals surface area contributed by atoms with Crippen molar-refractivity contribution in [1.82, 2.24) is 0 Å². The fourth-order valence-electron chi connectivity index (χ4n) is 3.65. The first-order valence-corrected chi connectivity index (χ1v) is 12.1. The van der Waals surface area contributed by atoms with Crippen LogP contribution >= 0.6 is 0 Å². The van der Waals surface area contributed by atoms with Gasteiger partial charge in [0.1, 0.15) is 10.9 Å². The number of benzene rings is 3. The summed E-state index contributed by atoms with van der Waals surface area (Å²) >= 11 is 0. The molecule has 3 aromatic carbocycles. The summed E-state index contributed by atoms with van der Waals surface area (Å²) in [5, 5.41) is 30.3. The van der Waals surface area contributed by atoms with Crippen molar-refractivity contribution in [2.75, 3.05) is 18.6 Å². The van der Waals surface area contributed by atoms with E-state index in [0.717, 1.165) is 11.6 Å². The number of allylic oxidation sites excluding steroid dienone is 2. The number of methoxy groups -OCH3 is 1. The Morgan fingerprint density at radius 1 is 1.05 bits per heavy atom.